The minimum absolute atomic E-state index is 0.176. The summed E-state index contributed by atoms with van der Waals surface area (Å²) in [4.78, 5) is 24.4. The van der Waals surface area contributed by atoms with E-state index in [1.54, 1.807) is 19.9 Å². The van der Waals surface area contributed by atoms with E-state index in [0.717, 1.165) is 33.4 Å². The van der Waals surface area contributed by atoms with Gasteiger partial charge < -0.3 is 10.2 Å². The first-order valence-electron chi connectivity index (χ1n) is 15.2. The molecule has 2 aliphatic rings. The van der Waals surface area contributed by atoms with Crippen molar-refractivity contribution >= 4 is 11.6 Å². The summed E-state index contributed by atoms with van der Waals surface area (Å²) in [7, 11) is 0. The van der Waals surface area contributed by atoms with Gasteiger partial charge in [-0.2, -0.15) is 0 Å². The van der Waals surface area contributed by atoms with Crippen LogP contribution in [0.4, 0.5) is 0 Å². The van der Waals surface area contributed by atoms with Gasteiger partial charge in [0.15, 0.2) is 11.5 Å². The van der Waals surface area contributed by atoms with E-state index in [0.29, 0.717) is 17.6 Å². The van der Waals surface area contributed by atoms with Gasteiger partial charge in [0.25, 0.3) is 0 Å². The van der Waals surface area contributed by atoms with Crippen molar-refractivity contribution in [3.05, 3.63) is 141 Å². The number of aliphatic hydroxyl groups is 2. The lowest BCUT2D eigenvalue weighted by atomic mass is 9.71. The van der Waals surface area contributed by atoms with Gasteiger partial charge in [0.05, 0.1) is 0 Å². The van der Waals surface area contributed by atoms with Gasteiger partial charge in [0.2, 0.25) is 5.78 Å². The molecule has 0 heterocycles. The molecule has 0 amide bonds. The molecule has 0 spiro atoms. The molecule has 1 unspecified atom stereocenters. The van der Waals surface area contributed by atoms with E-state index in [1.807, 2.05) is 114 Å². The summed E-state index contributed by atoms with van der Waals surface area (Å²) >= 11 is 0. The molecule has 0 saturated carbocycles. The van der Waals surface area contributed by atoms with Crippen LogP contribution < -0.4 is 0 Å². The molecule has 2 rings (SSSR count). The summed E-state index contributed by atoms with van der Waals surface area (Å²) in [6.07, 6.45) is 29.4. The Hall–Kier alpha value is -4.02. The summed E-state index contributed by atoms with van der Waals surface area (Å²) < 4.78 is 0. The van der Waals surface area contributed by atoms with Crippen molar-refractivity contribution in [3.8, 4) is 0 Å². The van der Waals surface area contributed by atoms with E-state index in [9.17, 15) is 19.8 Å². The normalized spacial score (nSPS) is 22.7. The third-order valence-corrected chi connectivity index (χ3v) is 7.97. The second-order valence-corrected chi connectivity index (χ2v) is 13.0. The molecule has 4 nitrogen and oxygen atoms in total. The Bertz CT molecular complexity index is 1450. The van der Waals surface area contributed by atoms with Crippen molar-refractivity contribution in [2.45, 2.75) is 81.8 Å². The molecule has 0 aliphatic heterocycles. The molecule has 2 aliphatic carbocycles. The lowest BCUT2D eigenvalue weighted by molar-refractivity contribution is -0.125. The third kappa shape index (κ3) is 10.3. The fourth-order valence-corrected chi connectivity index (χ4v) is 5.32. The van der Waals surface area contributed by atoms with Crippen LogP contribution in [0.1, 0.15) is 75.7 Å². The molecule has 0 radical (unpaired) electrons. The van der Waals surface area contributed by atoms with Crippen LogP contribution in [0.15, 0.2) is 141 Å². The van der Waals surface area contributed by atoms with Crippen molar-refractivity contribution in [1.29, 1.82) is 0 Å². The topological polar surface area (TPSA) is 74.6 Å². The predicted octanol–water partition coefficient (Wildman–Crippen LogP) is 9.60. The number of ketones is 2. The second kappa shape index (κ2) is 15.6. The van der Waals surface area contributed by atoms with E-state index >= 15 is 0 Å². The van der Waals surface area contributed by atoms with Gasteiger partial charge >= 0.3 is 0 Å². The Morgan fingerprint density at radius 2 is 1.14 bits per heavy atom. The quantitative estimate of drug-likeness (QED) is 0.247. The summed E-state index contributed by atoms with van der Waals surface area (Å²) in [5, 5.41) is 19.9. The average Bonchev–Trinajstić information content (AvgIpc) is 2.92. The Morgan fingerprint density at radius 3 is 1.64 bits per heavy atom. The Morgan fingerprint density at radius 1 is 0.705 bits per heavy atom. The van der Waals surface area contributed by atoms with Crippen LogP contribution in [-0.4, -0.2) is 27.9 Å². The highest BCUT2D eigenvalue weighted by Crippen LogP contribution is 2.40. The SMILES string of the molecule is CC1=C(/C=C/C(C)=C/C=C/C(C)=C/C=C/C=C(C)/C=C/C=C(C)/C=C/C2=C(C)C(=O)C(O)CC2(C)C)C(C)(C)C=C(O)C1=O. The molecule has 234 valence electrons. The first-order chi connectivity index (χ1) is 20.5. The van der Waals surface area contributed by atoms with Gasteiger partial charge in [0, 0.05) is 11.0 Å². The minimum atomic E-state index is -0.908. The first kappa shape index (κ1) is 36.2. The van der Waals surface area contributed by atoms with Crippen LogP contribution in [-0.2, 0) is 9.59 Å². The van der Waals surface area contributed by atoms with Crippen LogP contribution >= 0.6 is 0 Å². The van der Waals surface area contributed by atoms with Crippen molar-refractivity contribution < 1.29 is 19.8 Å². The van der Waals surface area contributed by atoms with Gasteiger partial charge in [-0.25, -0.2) is 0 Å². The Balaban J connectivity index is 1.95. The van der Waals surface area contributed by atoms with E-state index in [1.165, 1.54) is 0 Å². The monoisotopic (exact) mass is 594 g/mol. The lowest BCUT2D eigenvalue weighted by Crippen LogP contribution is -2.35. The Labute approximate surface area is 265 Å². The summed E-state index contributed by atoms with van der Waals surface area (Å²) in [6.45, 7) is 19.8. The number of Topliss-reactive ketones (excluding diaryl/α,β-unsaturated/α-hetero) is 2. The number of hydrogen-bond donors (Lipinski definition) is 2. The largest absolute Gasteiger partial charge is 0.504 e. The molecule has 0 aromatic rings. The fourth-order valence-electron chi connectivity index (χ4n) is 5.32. The highest BCUT2D eigenvalue weighted by Gasteiger charge is 2.36. The lowest BCUT2D eigenvalue weighted by Gasteiger charge is -2.34. The van der Waals surface area contributed by atoms with Crippen LogP contribution in [0.3, 0.4) is 0 Å². The van der Waals surface area contributed by atoms with Gasteiger partial charge in [0.1, 0.15) is 6.10 Å². The van der Waals surface area contributed by atoms with Crippen molar-refractivity contribution in [3.63, 3.8) is 0 Å². The summed E-state index contributed by atoms with van der Waals surface area (Å²) in [6, 6.07) is 0. The zero-order valence-corrected chi connectivity index (χ0v) is 28.2. The number of hydrogen-bond acceptors (Lipinski definition) is 4. The number of rotatable bonds is 10. The van der Waals surface area contributed by atoms with E-state index < -0.39 is 11.5 Å². The van der Waals surface area contributed by atoms with Crippen LogP contribution in [0.2, 0.25) is 0 Å². The van der Waals surface area contributed by atoms with E-state index in [-0.39, 0.29) is 22.7 Å². The molecule has 44 heavy (non-hydrogen) atoms. The first-order valence-corrected chi connectivity index (χ1v) is 15.2. The minimum Gasteiger partial charge on any atom is -0.504 e. The van der Waals surface area contributed by atoms with Gasteiger partial charge in [-0.05, 0) is 76.2 Å². The van der Waals surface area contributed by atoms with Gasteiger partial charge in [-0.15, -0.1) is 0 Å². The van der Waals surface area contributed by atoms with Crippen LogP contribution in [0.25, 0.3) is 0 Å². The van der Waals surface area contributed by atoms with Crippen LogP contribution in [0, 0.1) is 10.8 Å². The highest BCUT2D eigenvalue weighted by molar-refractivity contribution is 6.08. The zero-order chi connectivity index (χ0) is 33.2. The maximum atomic E-state index is 12.2. The number of aliphatic hydroxyl groups excluding tert-OH is 2. The molecular weight excluding hydrogens is 544 g/mol. The molecule has 4 heteroatoms. The van der Waals surface area contributed by atoms with Crippen molar-refractivity contribution in [2.75, 3.05) is 0 Å². The molecule has 2 N–H and O–H groups in total. The van der Waals surface area contributed by atoms with E-state index in [2.05, 4.69) is 26.0 Å². The molecule has 1 atom stereocenters. The molecule has 0 saturated heterocycles. The zero-order valence-electron chi connectivity index (χ0n) is 28.2. The van der Waals surface area contributed by atoms with E-state index in [4.69, 9.17) is 0 Å². The third-order valence-electron chi connectivity index (χ3n) is 7.97. The predicted molar refractivity (Wildman–Crippen MR) is 185 cm³/mol. The maximum absolute atomic E-state index is 12.2. The maximum Gasteiger partial charge on any atom is 0.222 e. The number of allylic oxidation sites excluding steroid dienone is 22. The molecule has 0 bridgehead atoms. The smallest absolute Gasteiger partial charge is 0.222 e. The fraction of sp³-hybridized carbons (Fsp3) is 0.350. The Kier molecular flexibility index (Phi) is 12.8. The van der Waals surface area contributed by atoms with Gasteiger partial charge in [-0.3, -0.25) is 9.59 Å². The summed E-state index contributed by atoms with van der Waals surface area (Å²) in [5.74, 6) is -0.669. The molecule has 0 aromatic carbocycles. The van der Waals surface area contributed by atoms with Crippen LogP contribution in [0.5, 0.6) is 0 Å². The van der Waals surface area contributed by atoms with Crippen molar-refractivity contribution in [2.24, 2.45) is 10.8 Å². The highest BCUT2D eigenvalue weighted by atomic mass is 16.3. The molecule has 0 fully saturated rings. The van der Waals surface area contributed by atoms with Crippen molar-refractivity contribution in [1.82, 2.24) is 0 Å². The number of carbonyl (C=O) groups is 2. The number of carbonyl (C=O) groups excluding carboxylic acids is 2. The summed E-state index contributed by atoms with van der Waals surface area (Å²) in [5.41, 5.74) is 6.81. The second-order valence-electron chi connectivity index (χ2n) is 13.0. The average molecular weight is 595 g/mol. The standard InChI is InChI=1S/C40H50O4/c1-27(17-13-19-29(3)21-23-33-31(5)37(43)35(41)25-39(33,7)8)15-11-12-16-28(2)18-14-20-30(4)22-24-34-32(6)38(44)36(42)26-40(34,9)10/h11-25,36,41-42H,26H2,1-10H3/b12-11+,17-13+,18-14+,23-21+,24-22+,27-15+,28-16+,29-19+,30-20+. The molecule has 0 aromatic heterocycles. The molecular formula is C40H50O4. The van der Waals surface area contributed by atoms with Gasteiger partial charge in [-0.1, -0.05) is 135 Å².